The number of anilines is 1. The van der Waals surface area contributed by atoms with Crippen LogP contribution in [0.2, 0.25) is 5.02 Å². The first-order valence-electron chi connectivity index (χ1n) is 6.94. The second-order valence-corrected chi connectivity index (χ2v) is 5.36. The van der Waals surface area contributed by atoms with Gasteiger partial charge in [0.2, 0.25) is 5.96 Å². The Morgan fingerprint density at radius 3 is 2.68 bits per heavy atom. The van der Waals surface area contributed by atoms with E-state index in [4.69, 9.17) is 17.3 Å². The summed E-state index contributed by atoms with van der Waals surface area (Å²) >= 11 is 5.98. The molecule has 0 bridgehead atoms. The summed E-state index contributed by atoms with van der Waals surface area (Å²) < 4.78 is 0. The summed E-state index contributed by atoms with van der Waals surface area (Å²) in [4.78, 5) is 8.85. The lowest BCUT2D eigenvalue weighted by Gasteiger charge is -2.20. The van der Waals surface area contributed by atoms with Crippen molar-refractivity contribution >= 4 is 29.2 Å². The van der Waals surface area contributed by atoms with Crippen molar-refractivity contribution in [3.63, 3.8) is 0 Å². The van der Waals surface area contributed by atoms with Crippen LogP contribution in [0.25, 0.3) is 0 Å². The topological polar surface area (TPSA) is 74.8 Å². The normalized spacial score (nSPS) is 17.2. The quantitative estimate of drug-likeness (QED) is 0.815. The third-order valence-corrected chi connectivity index (χ3v) is 3.40. The van der Waals surface area contributed by atoms with Gasteiger partial charge in [0.15, 0.2) is 12.1 Å². The number of nitrogens with zero attached hydrogens (tertiary/aromatic N) is 2. The largest absolute Gasteiger partial charge is 0.370 e. The zero-order valence-corrected chi connectivity index (χ0v) is 12.6. The molecule has 0 aliphatic carbocycles. The van der Waals surface area contributed by atoms with Crippen LogP contribution >= 0.6 is 11.6 Å². The maximum Gasteiger partial charge on any atom is 0.204 e. The Bertz CT molecular complexity index is 711. The Morgan fingerprint density at radius 1 is 1.09 bits per heavy atom. The van der Waals surface area contributed by atoms with Gasteiger partial charge in [-0.1, -0.05) is 48.0 Å². The van der Waals surface area contributed by atoms with Crippen LogP contribution in [-0.4, -0.2) is 18.1 Å². The number of hydrogen-bond acceptors (Lipinski definition) is 5. The molecule has 4 N–H and O–H groups in total. The number of hydrogen-bond donors (Lipinski definition) is 3. The highest BCUT2D eigenvalue weighted by Crippen LogP contribution is 2.15. The molecule has 0 radical (unpaired) electrons. The molecule has 112 valence electrons. The maximum absolute atomic E-state index is 5.98. The van der Waals surface area contributed by atoms with E-state index in [0.717, 1.165) is 11.3 Å². The summed E-state index contributed by atoms with van der Waals surface area (Å²) in [6, 6.07) is 17.5. The van der Waals surface area contributed by atoms with Crippen LogP contribution < -0.4 is 16.4 Å². The van der Waals surface area contributed by atoms with Crippen LogP contribution in [0.3, 0.4) is 0 Å². The van der Waals surface area contributed by atoms with E-state index in [1.165, 1.54) is 0 Å². The molecule has 5 nitrogen and oxygen atoms in total. The van der Waals surface area contributed by atoms with Crippen molar-refractivity contribution in [2.75, 3.05) is 5.32 Å². The van der Waals surface area contributed by atoms with E-state index in [1.54, 1.807) is 0 Å². The first-order chi connectivity index (χ1) is 10.7. The predicted molar refractivity (Wildman–Crippen MR) is 91.2 cm³/mol. The standard InChI is InChI=1S/C16H16ClN5/c17-12-7-4-8-13(10-12)19-16-21-14(20-15(18)22-16)9-11-5-2-1-3-6-11/h1-8,10,14H,9H2,(H4,18,19,20,21,22). The number of nitrogens with one attached hydrogen (secondary N) is 2. The monoisotopic (exact) mass is 313 g/mol. The average Bonchev–Trinajstić information content (AvgIpc) is 2.47. The molecule has 0 aromatic heterocycles. The van der Waals surface area contributed by atoms with E-state index in [1.807, 2.05) is 54.6 Å². The SMILES string of the molecule is NC1=NC(Cc2ccccc2)N=C(Nc2cccc(Cl)c2)N1. The molecule has 2 aromatic carbocycles. The Hall–Kier alpha value is -2.53. The fourth-order valence-corrected chi connectivity index (χ4v) is 2.40. The van der Waals surface area contributed by atoms with Gasteiger partial charge >= 0.3 is 0 Å². The number of guanidine groups is 2. The summed E-state index contributed by atoms with van der Waals surface area (Å²) in [5, 5.41) is 6.74. The van der Waals surface area contributed by atoms with E-state index in [9.17, 15) is 0 Å². The van der Waals surface area contributed by atoms with Gasteiger partial charge < -0.3 is 11.1 Å². The Kier molecular flexibility index (Phi) is 4.25. The number of aliphatic imine (C=N–C) groups is 2. The molecule has 1 aliphatic rings. The van der Waals surface area contributed by atoms with Gasteiger partial charge in [-0.3, -0.25) is 5.32 Å². The smallest absolute Gasteiger partial charge is 0.204 e. The Balaban J connectivity index is 1.74. The fraction of sp³-hybridized carbons (Fsp3) is 0.125. The molecule has 0 spiro atoms. The van der Waals surface area contributed by atoms with E-state index >= 15 is 0 Å². The van der Waals surface area contributed by atoms with Crippen LogP contribution in [0, 0.1) is 0 Å². The van der Waals surface area contributed by atoms with Crippen LogP contribution in [0.15, 0.2) is 64.6 Å². The first-order valence-corrected chi connectivity index (χ1v) is 7.31. The van der Waals surface area contributed by atoms with E-state index in [2.05, 4.69) is 20.6 Å². The molecular weight excluding hydrogens is 298 g/mol. The van der Waals surface area contributed by atoms with E-state index in [-0.39, 0.29) is 6.17 Å². The van der Waals surface area contributed by atoms with Crippen LogP contribution in [-0.2, 0) is 6.42 Å². The Morgan fingerprint density at radius 2 is 1.91 bits per heavy atom. The van der Waals surface area contributed by atoms with Crippen molar-refractivity contribution < 1.29 is 0 Å². The molecule has 1 heterocycles. The summed E-state index contributed by atoms with van der Waals surface area (Å²) in [6.45, 7) is 0. The number of halogens is 1. The van der Waals surface area contributed by atoms with Gasteiger partial charge in [0.25, 0.3) is 0 Å². The highest BCUT2D eigenvalue weighted by Gasteiger charge is 2.15. The van der Waals surface area contributed by atoms with Crippen LogP contribution in [0.1, 0.15) is 5.56 Å². The second kappa shape index (κ2) is 6.49. The number of nitrogens with two attached hydrogens (primary N) is 1. The highest BCUT2D eigenvalue weighted by molar-refractivity contribution is 6.30. The lowest BCUT2D eigenvalue weighted by Crippen LogP contribution is -2.45. The van der Waals surface area contributed by atoms with Crippen molar-refractivity contribution in [1.82, 2.24) is 5.32 Å². The minimum atomic E-state index is -0.245. The molecular formula is C16H16ClN5. The summed E-state index contributed by atoms with van der Waals surface area (Å²) in [5.74, 6) is 0.913. The van der Waals surface area contributed by atoms with Gasteiger partial charge in [-0.05, 0) is 23.8 Å². The predicted octanol–water partition coefficient (Wildman–Crippen LogP) is 2.59. The van der Waals surface area contributed by atoms with Gasteiger partial charge in [-0.2, -0.15) is 0 Å². The molecule has 2 aromatic rings. The zero-order chi connectivity index (χ0) is 15.4. The molecule has 0 amide bonds. The minimum absolute atomic E-state index is 0.245. The number of benzene rings is 2. The van der Waals surface area contributed by atoms with Gasteiger partial charge in [-0.25, -0.2) is 9.98 Å². The van der Waals surface area contributed by atoms with Crippen molar-refractivity contribution in [1.29, 1.82) is 0 Å². The first kappa shape index (κ1) is 14.4. The average molecular weight is 314 g/mol. The molecule has 1 aliphatic heterocycles. The molecule has 1 atom stereocenters. The van der Waals surface area contributed by atoms with Crippen molar-refractivity contribution in [3.8, 4) is 0 Å². The van der Waals surface area contributed by atoms with Crippen LogP contribution in [0.5, 0.6) is 0 Å². The molecule has 22 heavy (non-hydrogen) atoms. The lowest BCUT2D eigenvalue weighted by atomic mass is 10.1. The number of rotatable bonds is 3. The van der Waals surface area contributed by atoms with Crippen LogP contribution in [0.4, 0.5) is 5.69 Å². The molecule has 0 saturated heterocycles. The molecule has 1 unspecified atom stereocenters. The molecule has 3 rings (SSSR count). The summed E-state index contributed by atoms with van der Waals surface area (Å²) in [6.07, 6.45) is 0.453. The lowest BCUT2D eigenvalue weighted by molar-refractivity contribution is 0.689. The van der Waals surface area contributed by atoms with Gasteiger partial charge in [0, 0.05) is 17.1 Å². The van der Waals surface area contributed by atoms with Gasteiger partial charge in [0.1, 0.15) is 0 Å². The van der Waals surface area contributed by atoms with Crippen molar-refractivity contribution in [3.05, 3.63) is 65.2 Å². The van der Waals surface area contributed by atoms with E-state index < -0.39 is 0 Å². The third-order valence-electron chi connectivity index (χ3n) is 3.16. The molecule has 0 saturated carbocycles. The van der Waals surface area contributed by atoms with E-state index in [0.29, 0.717) is 23.4 Å². The second-order valence-electron chi connectivity index (χ2n) is 4.92. The molecule has 0 fully saturated rings. The van der Waals surface area contributed by atoms with Gasteiger partial charge in [0.05, 0.1) is 0 Å². The fourth-order valence-electron chi connectivity index (χ4n) is 2.21. The van der Waals surface area contributed by atoms with Gasteiger partial charge in [-0.15, -0.1) is 0 Å². The minimum Gasteiger partial charge on any atom is -0.370 e. The van der Waals surface area contributed by atoms with Crippen molar-refractivity contribution in [2.24, 2.45) is 15.7 Å². The zero-order valence-electron chi connectivity index (χ0n) is 11.8. The third kappa shape index (κ3) is 3.77. The molecule has 6 heteroatoms. The Labute approximate surface area is 133 Å². The highest BCUT2D eigenvalue weighted by atomic mass is 35.5. The summed E-state index contributed by atoms with van der Waals surface area (Å²) in [5.41, 5.74) is 7.85. The van der Waals surface area contributed by atoms with Crippen molar-refractivity contribution in [2.45, 2.75) is 12.6 Å². The maximum atomic E-state index is 5.98. The summed E-state index contributed by atoms with van der Waals surface area (Å²) in [7, 11) is 0.